The smallest absolute Gasteiger partial charge is 0.148 e. The Kier molecular flexibility index (Phi) is 4.32. The van der Waals surface area contributed by atoms with Crippen LogP contribution in [0.15, 0.2) is 42.5 Å². The van der Waals surface area contributed by atoms with E-state index in [-0.39, 0.29) is 11.5 Å². The third-order valence-electron chi connectivity index (χ3n) is 4.73. The van der Waals surface area contributed by atoms with Crippen molar-refractivity contribution in [3.05, 3.63) is 53.8 Å². The highest BCUT2D eigenvalue weighted by atomic mass is 19.1. The Balaban J connectivity index is 1.77. The second-order valence-electron chi connectivity index (χ2n) is 6.19. The molecule has 2 N–H and O–H groups in total. The fourth-order valence-electron chi connectivity index (χ4n) is 3.28. The average Bonchev–Trinajstić information content (AvgIpc) is 2.58. The molecule has 0 aromatic heterocycles. The highest BCUT2D eigenvalue weighted by Crippen LogP contribution is 2.34. The molecule has 1 aliphatic rings. The van der Waals surface area contributed by atoms with Gasteiger partial charge in [-0.1, -0.05) is 31.4 Å². The molecule has 0 radical (unpaired) electrons. The van der Waals surface area contributed by atoms with E-state index in [1.54, 1.807) is 6.07 Å². The molecule has 2 nitrogen and oxygen atoms in total. The summed E-state index contributed by atoms with van der Waals surface area (Å²) in [6.07, 6.45) is 6.67. The van der Waals surface area contributed by atoms with Crippen molar-refractivity contribution < 1.29 is 4.39 Å². The van der Waals surface area contributed by atoms with Crippen LogP contribution in [0.1, 0.15) is 43.6 Å². The number of rotatable bonds is 3. The molecule has 0 saturated heterocycles. The quantitative estimate of drug-likeness (QED) is 0.787. The fraction of sp³-hybridized carbons (Fsp3) is 0.368. The van der Waals surface area contributed by atoms with Gasteiger partial charge in [-0.05, 0) is 54.7 Å². The first-order chi connectivity index (χ1) is 10.6. The van der Waals surface area contributed by atoms with Crippen LogP contribution in [0.2, 0.25) is 0 Å². The predicted octanol–water partition coefficient (Wildman–Crippen LogP) is 5.22. The first-order valence-corrected chi connectivity index (χ1v) is 8.04. The highest BCUT2D eigenvalue weighted by Gasteiger charge is 2.15. The van der Waals surface area contributed by atoms with Gasteiger partial charge < -0.3 is 10.6 Å². The van der Waals surface area contributed by atoms with Crippen LogP contribution >= 0.6 is 0 Å². The van der Waals surface area contributed by atoms with Gasteiger partial charge in [-0.3, -0.25) is 0 Å². The molecule has 1 aliphatic carbocycles. The minimum absolute atomic E-state index is 0.185. The fourth-order valence-corrected chi connectivity index (χ4v) is 3.28. The Morgan fingerprint density at radius 3 is 2.23 bits per heavy atom. The van der Waals surface area contributed by atoms with Crippen LogP contribution in [-0.4, -0.2) is 7.05 Å². The molecule has 2 aromatic carbocycles. The summed E-state index contributed by atoms with van der Waals surface area (Å²) in [5.74, 6) is 0.338. The van der Waals surface area contributed by atoms with Gasteiger partial charge in [0.05, 0.1) is 5.69 Å². The van der Waals surface area contributed by atoms with Gasteiger partial charge in [-0.15, -0.1) is 0 Å². The minimum Gasteiger partial charge on any atom is -0.396 e. The molecular weight excluding hydrogens is 275 g/mol. The van der Waals surface area contributed by atoms with Crippen molar-refractivity contribution in [2.24, 2.45) is 0 Å². The van der Waals surface area contributed by atoms with E-state index in [0.29, 0.717) is 5.92 Å². The largest absolute Gasteiger partial charge is 0.396 e. The van der Waals surface area contributed by atoms with Crippen LogP contribution in [-0.2, 0) is 0 Å². The zero-order valence-corrected chi connectivity index (χ0v) is 13.1. The SMILES string of the molecule is CN(c1ccc(C2CCCCC2)cc1)c1ccc(N)c(F)c1. The summed E-state index contributed by atoms with van der Waals surface area (Å²) in [5, 5.41) is 0. The molecule has 1 saturated carbocycles. The first kappa shape index (κ1) is 14.9. The van der Waals surface area contributed by atoms with Gasteiger partial charge in [0.25, 0.3) is 0 Å². The molecule has 0 aliphatic heterocycles. The standard InChI is InChI=1S/C19H23FN2/c1-22(17-11-12-19(21)18(20)13-17)16-9-7-15(8-10-16)14-5-3-2-4-6-14/h7-14H,2-6,21H2,1H3. The normalized spacial score (nSPS) is 15.7. The maximum atomic E-state index is 13.6. The van der Waals surface area contributed by atoms with Crippen LogP contribution in [0.25, 0.3) is 0 Å². The van der Waals surface area contributed by atoms with Crippen LogP contribution in [0.4, 0.5) is 21.5 Å². The maximum absolute atomic E-state index is 13.6. The Labute approximate surface area is 131 Å². The van der Waals surface area contributed by atoms with E-state index in [1.807, 2.05) is 18.0 Å². The Bertz CT molecular complexity index is 630. The molecule has 0 atom stereocenters. The summed E-state index contributed by atoms with van der Waals surface area (Å²) < 4.78 is 13.6. The van der Waals surface area contributed by atoms with Gasteiger partial charge in [0.1, 0.15) is 5.82 Å². The third kappa shape index (κ3) is 3.08. The summed E-state index contributed by atoms with van der Waals surface area (Å²) in [6.45, 7) is 0. The maximum Gasteiger partial charge on any atom is 0.148 e. The molecule has 3 rings (SSSR count). The third-order valence-corrected chi connectivity index (χ3v) is 4.73. The minimum atomic E-state index is -0.372. The average molecular weight is 298 g/mol. The van der Waals surface area contributed by atoms with Gasteiger partial charge in [-0.2, -0.15) is 0 Å². The summed E-state index contributed by atoms with van der Waals surface area (Å²) in [6, 6.07) is 13.6. The lowest BCUT2D eigenvalue weighted by molar-refractivity contribution is 0.443. The number of benzene rings is 2. The molecule has 0 spiro atoms. The van der Waals surface area contributed by atoms with Gasteiger partial charge in [-0.25, -0.2) is 4.39 Å². The molecular formula is C19H23FN2. The van der Waals surface area contributed by atoms with E-state index >= 15 is 0 Å². The number of anilines is 3. The second kappa shape index (κ2) is 6.39. The van der Waals surface area contributed by atoms with Gasteiger partial charge in [0, 0.05) is 18.4 Å². The van der Waals surface area contributed by atoms with Crippen molar-refractivity contribution in [1.82, 2.24) is 0 Å². The molecule has 3 heteroatoms. The topological polar surface area (TPSA) is 29.3 Å². The van der Waals surface area contributed by atoms with Crippen molar-refractivity contribution in [2.75, 3.05) is 17.7 Å². The van der Waals surface area contributed by atoms with E-state index in [1.165, 1.54) is 43.7 Å². The predicted molar refractivity (Wildman–Crippen MR) is 91.1 cm³/mol. The highest BCUT2D eigenvalue weighted by molar-refractivity contribution is 5.64. The van der Waals surface area contributed by atoms with Crippen molar-refractivity contribution in [2.45, 2.75) is 38.0 Å². The van der Waals surface area contributed by atoms with E-state index in [0.717, 1.165) is 11.4 Å². The number of hydrogen-bond donors (Lipinski definition) is 1. The van der Waals surface area contributed by atoms with Crippen molar-refractivity contribution >= 4 is 17.1 Å². The molecule has 2 aromatic rings. The second-order valence-corrected chi connectivity index (χ2v) is 6.19. The van der Waals surface area contributed by atoms with E-state index < -0.39 is 0 Å². The number of nitrogens with zero attached hydrogens (tertiary/aromatic N) is 1. The van der Waals surface area contributed by atoms with E-state index in [2.05, 4.69) is 24.3 Å². The number of nitrogen functional groups attached to an aromatic ring is 1. The Morgan fingerprint density at radius 2 is 1.59 bits per heavy atom. The van der Waals surface area contributed by atoms with Crippen LogP contribution in [0.3, 0.4) is 0 Å². The molecule has 0 bridgehead atoms. The lowest BCUT2D eigenvalue weighted by Crippen LogP contribution is -2.10. The van der Waals surface area contributed by atoms with Crippen LogP contribution < -0.4 is 10.6 Å². The van der Waals surface area contributed by atoms with E-state index in [9.17, 15) is 4.39 Å². The van der Waals surface area contributed by atoms with Crippen molar-refractivity contribution in [3.63, 3.8) is 0 Å². The monoisotopic (exact) mass is 298 g/mol. The van der Waals surface area contributed by atoms with E-state index in [4.69, 9.17) is 5.73 Å². The van der Waals surface area contributed by atoms with Gasteiger partial charge >= 0.3 is 0 Å². The van der Waals surface area contributed by atoms with Gasteiger partial charge in [0.2, 0.25) is 0 Å². The van der Waals surface area contributed by atoms with Crippen LogP contribution in [0.5, 0.6) is 0 Å². The number of nitrogens with two attached hydrogens (primary N) is 1. The van der Waals surface area contributed by atoms with Crippen molar-refractivity contribution in [1.29, 1.82) is 0 Å². The number of halogens is 1. The first-order valence-electron chi connectivity index (χ1n) is 8.04. The lowest BCUT2D eigenvalue weighted by Gasteiger charge is -2.24. The zero-order valence-electron chi connectivity index (χ0n) is 13.1. The molecule has 116 valence electrons. The van der Waals surface area contributed by atoms with Crippen LogP contribution in [0, 0.1) is 5.82 Å². The molecule has 22 heavy (non-hydrogen) atoms. The Hall–Kier alpha value is -2.03. The summed E-state index contributed by atoms with van der Waals surface area (Å²) in [5.41, 5.74) is 9.01. The molecule has 0 unspecified atom stereocenters. The molecule has 0 heterocycles. The Morgan fingerprint density at radius 1 is 0.955 bits per heavy atom. The van der Waals surface area contributed by atoms with Gasteiger partial charge in [0.15, 0.2) is 0 Å². The molecule has 0 amide bonds. The zero-order chi connectivity index (χ0) is 15.5. The lowest BCUT2D eigenvalue weighted by atomic mass is 9.84. The summed E-state index contributed by atoms with van der Waals surface area (Å²) in [4.78, 5) is 1.98. The summed E-state index contributed by atoms with van der Waals surface area (Å²) in [7, 11) is 1.95. The summed E-state index contributed by atoms with van der Waals surface area (Å²) >= 11 is 0. The van der Waals surface area contributed by atoms with Crippen molar-refractivity contribution in [3.8, 4) is 0 Å². The number of hydrogen-bond acceptors (Lipinski definition) is 2. The molecule has 1 fully saturated rings.